The van der Waals surface area contributed by atoms with E-state index in [4.69, 9.17) is 30.0 Å². The highest BCUT2D eigenvalue weighted by molar-refractivity contribution is 7.22. The van der Waals surface area contributed by atoms with Crippen molar-refractivity contribution in [3.63, 3.8) is 0 Å². The van der Waals surface area contributed by atoms with Crippen molar-refractivity contribution in [2.75, 3.05) is 62.6 Å². The zero-order chi connectivity index (χ0) is 70.0. The Kier molecular flexibility index (Phi) is 19.1. The summed E-state index contributed by atoms with van der Waals surface area (Å²) >= 11 is 3.13. The number of hydrogen-bond donors (Lipinski definition) is 5. The molecule has 7 fully saturated rings. The minimum Gasteiger partial charge on any atom is -0.391 e. The van der Waals surface area contributed by atoms with Gasteiger partial charge in [-0.3, -0.25) is 28.7 Å². The number of hydrogen-bond acceptors (Lipinski definition) is 18. The zero-order valence-electron chi connectivity index (χ0n) is 59.4. The van der Waals surface area contributed by atoms with Gasteiger partial charge in [0.05, 0.1) is 56.8 Å². The van der Waals surface area contributed by atoms with E-state index in [1.807, 2.05) is 101 Å². The fourth-order valence-electron chi connectivity index (χ4n) is 18.9. The number of para-hydroxylation sites is 1. The number of nitrogens with one attached hydrogen (secondary N) is 4. The van der Waals surface area contributed by atoms with Crippen LogP contribution in [0.25, 0.3) is 31.8 Å². The molecule has 4 saturated carbocycles. The molecular weight excluding hydrogens is 1300 g/mol. The number of likely N-dealkylation sites (tertiary alicyclic amines) is 3. The van der Waals surface area contributed by atoms with Crippen LogP contribution in [0.3, 0.4) is 0 Å². The fraction of sp³-hybridized carbons (Fsp3) is 0.566. The summed E-state index contributed by atoms with van der Waals surface area (Å²) in [7, 11) is 0. The Morgan fingerprint density at radius 2 is 1.59 bits per heavy atom. The van der Waals surface area contributed by atoms with Crippen LogP contribution in [0.1, 0.15) is 176 Å². The van der Waals surface area contributed by atoms with E-state index in [1.54, 1.807) is 27.6 Å². The van der Waals surface area contributed by atoms with E-state index in [9.17, 15) is 24.3 Å². The Morgan fingerprint density at radius 3 is 2.33 bits per heavy atom. The van der Waals surface area contributed by atoms with Gasteiger partial charge in [0.25, 0.3) is 5.91 Å². The van der Waals surface area contributed by atoms with Crippen LogP contribution < -0.4 is 26.2 Å². The molecular formula is C76H97N15O7S2. The number of fused-ring (bicyclic) bond motifs is 2. The van der Waals surface area contributed by atoms with E-state index in [0.29, 0.717) is 48.9 Å². The third kappa shape index (κ3) is 14.3. The Hall–Kier alpha value is -7.77. The third-order valence-electron chi connectivity index (χ3n) is 22.6. The Bertz CT molecular complexity index is 4200. The molecule has 0 radical (unpaired) electrons. The Morgan fingerprint density at radius 1 is 0.820 bits per heavy atom. The average molecular weight is 1400 g/mol. The second kappa shape index (κ2) is 27.5. The van der Waals surface area contributed by atoms with Gasteiger partial charge in [0.15, 0.2) is 16.8 Å². The maximum absolute atomic E-state index is 15.4. The van der Waals surface area contributed by atoms with Gasteiger partial charge in [-0.05, 0) is 175 Å². The number of nitrogens with zero attached hydrogens (tertiary/aromatic N) is 11. The standard InChI is InChI=1S/C76H97N15O7S2/c1-46-54-17-15-31-89(67(54)86-85-66(46)84-71-81-57-18-10-11-19-59(57)100-71)60-25-24-55(56-35-78-91(49(56)4)44-75-39-73(8)38-74(9,40-75)42-76(41-73,43-75)98-33-32-87-28-12-13-29-87)63(82-60)69(96)80-52-16-14-30-88(36-52)62(94)27-26-61(93)83-65(72(5,6)7)70(97)90-37-53(92)34-58(90)68(95)79-47(2)50-20-22-51(23-21-50)64-48(3)77-45-99-64/h10-11,18-25,35,45,47,52-53,58,65,92H,12-17,26-34,36-44H2,1-9H3,(H,79,95)(H,80,96)(H,83,93)(H,81,84,85)/t47-,52+,53+,58-,65+,73-,74+,75?,76?/m0/s1. The van der Waals surface area contributed by atoms with Crippen LogP contribution >= 0.6 is 22.7 Å². The molecule has 8 aliphatic rings. The number of amides is 5. The molecule has 100 heavy (non-hydrogen) atoms. The predicted molar refractivity (Wildman–Crippen MR) is 389 cm³/mol. The van der Waals surface area contributed by atoms with Crippen molar-refractivity contribution < 1.29 is 33.8 Å². The van der Waals surface area contributed by atoms with Crippen LogP contribution in [0, 0.1) is 42.4 Å². The van der Waals surface area contributed by atoms with Crippen molar-refractivity contribution in [3.8, 4) is 21.6 Å². The lowest BCUT2D eigenvalue weighted by Crippen LogP contribution is -2.64. The monoisotopic (exact) mass is 1400 g/mol. The maximum atomic E-state index is 15.4. The maximum Gasteiger partial charge on any atom is 0.270 e. The van der Waals surface area contributed by atoms with E-state index < -0.39 is 53.4 Å². The van der Waals surface area contributed by atoms with Gasteiger partial charge in [-0.25, -0.2) is 15.0 Å². The smallest absolute Gasteiger partial charge is 0.270 e. The van der Waals surface area contributed by atoms with E-state index in [2.05, 4.69) is 74.5 Å². The molecule has 4 bridgehead atoms. The van der Waals surface area contributed by atoms with Gasteiger partial charge in [-0.1, -0.05) is 82.4 Å². The lowest BCUT2D eigenvalue weighted by molar-refractivity contribution is -0.248. The number of carbonyl (C=O) groups excluding carboxylic acids is 5. The second-order valence-corrected chi connectivity index (χ2v) is 33.9. The quantitative estimate of drug-likeness (QED) is 0.0448. The number of thiazole rings is 2. The predicted octanol–water partition coefficient (Wildman–Crippen LogP) is 11.3. The Labute approximate surface area is 594 Å². The number of piperidine rings is 1. The second-order valence-electron chi connectivity index (χ2n) is 32.0. The lowest BCUT2D eigenvalue weighted by Gasteiger charge is -2.69. The summed E-state index contributed by atoms with van der Waals surface area (Å²) in [6.45, 7) is 24.6. The SMILES string of the molecule is Cc1ncsc1-c1ccc([C@H](C)NC(=O)[C@@H]2C[C@@H](O)CN2C(=O)[C@@H](NC(=O)CCC(=O)N2CCC[C@@H](NC(=O)c3nc(N4CCCc5c4nnc(Nc4nc6ccccc6s4)c5C)ccc3-c3cnn(CC45CC6(OCCN7CCCC7)C[C@](C)(C4)C[C@](C)(C5)C6)c3C)C2)C(C)(C)C)cc1. The van der Waals surface area contributed by atoms with E-state index in [0.717, 1.165) is 137 Å². The van der Waals surface area contributed by atoms with Crippen LogP contribution in [0.15, 0.2) is 72.4 Å². The van der Waals surface area contributed by atoms with Crippen molar-refractivity contribution in [1.29, 1.82) is 0 Å². The fourth-order valence-corrected chi connectivity index (χ4v) is 20.6. The molecule has 3 saturated heterocycles. The largest absolute Gasteiger partial charge is 0.391 e. The molecule has 530 valence electrons. The number of anilines is 4. The summed E-state index contributed by atoms with van der Waals surface area (Å²) in [6.07, 6.45) is 12.7. The molecule has 15 rings (SSSR count). The molecule has 2 unspecified atom stereocenters. The van der Waals surface area contributed by atoms with Crippen molar-refractivity contribution in [1.82, 2.24) is 65.6 Å². The zero-order valence-corrected chi connectivity index (χ0v) is 61.1. The minimum atomic E-state index is -1.07. The number of benzene rings is 2. The van der Waals surface area contributed by atoms with Gasteiger partial charge in [0.2, 0.25) is 23.6 Å². The number of carbonyl (C=O) groups is 5. The average Bonchev–Trinajstić information content (AvgIpc) is 0.807. The molecule has 5 N–H and O–H groups in total. The normalized spacial score (nSPS) is 25.7. The van der Waals surface area contributed by atoms with Gasteiger partial charge in [-0.15, -0.1) is 21.5 Å². The number of aliphatic hydroxyl groups is 1. The van der Waals surface area contributed by atoms with Crippen LogP contribution in [0.2, 0.25) is 0 Å². The van der Waals surface area contributed by atoms with Crippen molar-refractivity contribution in [2.24, 2.45) is 21.7 Å². The van der Waals surface area contributed by atoms with E-state index in [1.165, 1.54) is 24.2 Å². The minimum absolute atomic E-state index is 0.00424. The van der Waals surface area contributed by atoms with Crippen LogP contribution in [-0.2, 0) is 36.9 Å². The summed E-state index contributed by atoms with van der Waals surface area (Å²) in [5, 5.41) is 39.2. The van der Waals surface area contributed by atoms with Crippen molar-refractivity contribution in [3.05, 3.63) is 106 Å². The van der Waals surface area contributed by atoms with Crippen LogP contribution in [0.5, 0.6) is 0 Å². The number of aromatic nitrogens is 7. The number of β-amino-alcohol motifs (C(OH)–C–C–N with tert-alkyl or cyclic N) is 1. The molecule has 0 spiro atoms. The van der Waals surface area contributed by atoms with E-state index >= 15 is 4.79 Å². The first-order valence-corrected chi connectivity index (χ1v) is 37.8. The summed E-state index contributed by atoms with van der Waals surface area (Å²) in [5.41, 5.74) is 9.67. The molecule has 22 nitrogen and oxygen atoms in total. The van der Waals surface area contributed by atoms with Crippen molar-refractivity contribution >= 4 is 85.0 Å². The highest BCUT2D eigenvalue weighted by atomic mass is 32.1. The molecule has 4 aliphatic carbocycles. The summed E-state index contributed by atoms with van der Waals surface area (Å²) < 4.78 is 10.4. The molecule has 5 amide bonds. The number of rotatable bonds is 21. The van der Waals surface area contributed by atoms with Crippen LogP contribution in [-0.4, -0.2) is 167 Å². The number of aryl methyl sites for hydroxylation is 1. The van der Waals surface area contributed by atoms with Gasteiger partial charge in [0.1, 0.15) is 23.6 Å². The van der Waals surface area contributed by atoms with Gasteiger partial charge in [-0.2, -0.15) is 5.10 Å². The molecule has 9 heterocycles. The van der Waals surface area contributed by atoms with Gasteiger partial charge in [0, 0.05) is 92.5 Å². The summed E-state index contributed by atoms with van der Waals surface area (Å²) in [5.74, 6) is -0.117. The first kappa shape index (κ1) is 69.3. The third-order valence-corrected chi connectivity index (χ3v) is 24.5. The van der Waals surface area contributed by atoms with Crippen molar-refractivity contribution in [2.45, 2.75) is 201 Å². The molecule has 2 aromatic carbocycles. The van der Waals surface area contributed by atoms with Gasteiger partial charge >= 0.3 is 0 Å². The molecule has 9 atom stereocenters. The summed E-state index contributed by atoms with van der Waals surface area (Å²) in [4.78, 5) is 95.4. The Balaban J connectivity index is 0.666. The topological polar surface area (TPSA) is 258 Å². The summed E-state index contributed by atoms with van der Waals surface area (Å²) in [6, 6.07) is 17.1. The molecule has 4 aliphatic heterocycles. The first-order chi connectivity index (χ1) is 47.8. The van der Waals surface area contributed by atoms with Crippen LogP contribution in [0.4, 0.5) is 22.6 Å². The van der Waals surface area contributed by atoms with E-state index in [-0.39, 0.29) is 71.7 Å². The molecule has 5 aromatic heterocycles. The molecule has 7 aromatic rings. The number of ether oxygens (including phenoxy) is 1. The first-order valence-electron chi connectivity index (χ1n) is 36.2. The van der Waals surface area contributed by atoms with Gasteiger partial charge < -0.3 is 50.7 Å². The molecule has 24 heteroatoms. The lowest BCUT2D eigenvalue weighted by atomic mass is 9.39. The highest BCUT2D eigenvalue weighted by Gasteiger charge is 2.66. The highest BCUT2D eigenvalue weighted by Crippen LogP contribution is 2.72. The number of pyridine rings is 1. The number of aliphatic hydroxyl groups excluding tert-OH is 1.